The lowest BCUT2D eigenvalue weighted by molar-refractivity contribution is -0.111. The van der Waals surface area contributed by atoms with Crippen LogP contribution in [0.4, 0.5) is 0 Å². The number of hydrogen-bond acceptors (Lipinski definition) is 1. The van der Waals surface area contributed by atoms with Crippen LogP contribution in [0.2, 0.25) is 0 Å². The number of halogens is 1. The summed E-state index contributed by atoms with van der Waals surface area (Å²) in [5, 5.41) is -0.273. The maximum absolute atomic E-state index is 9.58. The zero-order chi connectivity index (χ0) is 12.7. The molecule has 2 heteroatoms. The highest BCUT2D eigenvalue weighted by atomic mass is 35.5. The fourth-order valence-corrected chi connectivity index (χ4v) is 2.68. The lowest BCUT2D eigenvalue weighted by atomic mass is 9.71. The fraction of sp³-hybridized carbons (Fsp3) is 0.929. The summed E-state index contributed by atoms with van der Waals surface area (Å²) in [7, 11) is 0. The first-order valence-electron chi connectivity index (χ1n) is 6.56. The van der Waals surface area contributed by atoms with Gasteiger partial charge in [0.05, 0.1) is 0 Å². The smallest absolute Gasteiger partial charge is 0.221 e. The summed E-state index contributed by atoms with van der Waals surface area (Å²) in [5.41, 5.74) is 0. The van der Waals surface area contributed by atoms with E-state index in [0.717, 1.165) is 23.7 Å². The van der Waals surface area contributed by atoms with Gasteiger partial charge in [0.25, 0.3) is 0 Å². The summed E-state index contributed by atoms with van der Waals surface area (Å²) in [4.78, 5) is 9.58. The Balaban J connectivity index is 0.000000385. The van der Waals surface area contributed by atoms with Crippen molar-refractivity contribution < 1.29 is 4.79 Å². The molecule has 3 unspecified atom stereocenters. The summed E-state index contributed by atoms with van der Waals surface area (Å²) in [6, 6.07) is 0. The predicted molar refractivity (Wildman–Crippen MR) is 71.7 cm³/mol. The third-order valence-electron chi connectivity index (χ3n) is 3.63. The summed E-state index contributed by atoms with van der Waals surface area (Å²) >= 11 is 4.82. The summed E-state index contributed by atoms with van der Waals surface area (Å²) < 4.78 is 0. The van der Waals surface area contributed by atoms with Crippen LogP contribution in [0.25, 0.3) is 0 Å². The Labute approximate surface area is 106 Å². The molecule has 0 aromatic rings. The quantitative estimate of drug-likeness (QED) is 0.635. The second kappa shape index (κ2) is 8.11. The van der Waals surface area contributed by atoms with E-state index < -0.39 is 0 Å². The molecule has 1 aliphatic carbocycles. The van der Waals surface area contributed by atoms with Gasteiger partial charge in [-0.25, -0.2) is 0 Å². The molecule has 0 N–H and O–H groups in total. The van der Waals surface area contributed by atoms with Crippen molar-refractivity contribution in [3.63, 3.8) is 0 Å². The van der Waals surface area contributed by atoms with Gasteiger partial charge in [-0.2, -0.15) is 0 Å². The first kappa shape index (κ1) is 16.0. The molecule has 0 radical (unpaired) electrons. The Kier molecular flexibility index (Phi) is 8.09. The molecule has 0 saturated heterocycles. The van der Waals surface area contributed by atoms with Crippen molar-refractivity contribution in [1.29, 1.82) is 0 Å². The maximum Gasteiger partial charge on any atom is 0.221 e. The molecule has 0 amide bonds. The van der Waals surface area contributed by atoms with Crippen LogP contribution in [0.5, 0.6) is 0 Å². The molecule has 96 valence electrons. The number of carbonyl (C=O) groups excluding carboxylic acids is 1. The van der Waals surface area contributed by atoms with Gasteiger partial charge in [-0.1, -0.05) is 41.0 Å². The Morgan fingerprint density at radius 2 is 1.81 bits per heavy atom. The van der Waals surface area contributed by atoms with Crippen molar-refractivity contribution in [2.24, 2.45) is 23.7 Å². The van der Waals surface area contributed by atoms with Gasteiger partial charge in [-0.3, -0.25) is 4.79 Å². The van der Waals surface area contributed by atoms with Crippen molar-refractivity contribution >= 4 is 16.8 Å². The monoisotopic (exact) mass is 246 g/mol. The molecule has 0 aliphatic heterocycles. The van der Waals surface area contributed by atoms with E-state index in [-0.39, 0.29) is 5.24 Å². The Morgan fingerprint density at radius 1 is 1.31 bits per heavy atom. The van der Waals surface area contributed by atoms with Gasteiger partial charge in [0.15, 0.2) is 0 Å². The highest BCUT2D eigenvalue weighted by molar-refractivity contribution is 6.63. The zero-order valence-electron chi connectivity index (χ0n) is 11.4. The minimum absolute atomic E-state index is 0.273. The molecule has 1 saturated carbocycles. The van der Waals surface area contributed by atoms with Gasteiger partial charge >= 0.3 is 0 Å². The van der Waals surface area contributed by atoms with Crippen LogP contribution in [0.3, 0.4) is 0 Å². The molecular weight excluding hydrogens is 220 g/mol. The summed E-state index contributed by atoms with van der Waals surface area (Å²) in [5.74, 6) is 3.86. The van der Waals surface area contributed by atoms with Crippen molar-refractivity contribution in [2.45, 2.75) is 60.3 Å². The Hall–Kier alpha value is -0.0400. The van der Waals surface area contributed by atoms with Crippen LogP contribution in [-0.4, -0.2) is 5.24 Å². The predicted octanol–water partition coefficient (Wildman–Crippen LogP) is 4.88. The molecule has 0 spiro atoms. The molecule has 1 rings (SSSR count). The highest BCUT2D eigenvalue weighted by Gasteiger charge is 2.26. The molecule has 0 heterocycles. The van der Waals surface area contributed by atoms with Crippen LogP contribution in [0, 0.1) is 23.7 Å². The SMILES string of the molecule is CC1CCC(C(C)C)C(C)C1.CCC(=O)Cl. The second-order valence-corrected chi connectivity index (χ2v) is 5.93. The van der Waals surface area contributed by atoms with Crippen molar-refractivity contribution in [3.8, 4) is 0 Å². The van der Waals surface area contributed by atoms with Crippen LogP contribution in [0.1, 0.15) is 60.3 Å². The lowest BCUT2D eigenvalue weighted by Crippen LogP contribution is -2.25. The second-order valence-electron chi connectivity index (χ2n) is 5.51. The van der Waals surface area contributed by atoms with Crippen molar-refractivity contribution in [2.75, 3.05) is 0 Å². The third-order valence-corrected chi connectivity index (χ3v) is 3.90. The van der Waals surface area contributed by atoms with Gasteiger partial charge in [0, 0.05) is 6.42 Å². The molecule has 0 bridgehead atoms. The topological polar surface area (TPSA) is 17.1 Å². The van der Waals surface area contributed by atoms with E-state index >= 15 is 0 Å². The Bertz CT molecular complexity index is 201. The van der Waals surface area contributed by atoms with E-state index in [2.05, 4.69) is 27.7 Å². The zero-order valence-corrected chi connectivity index (χ0v) is 12.2. The van der Waals surface area contributed by atoms with Crippen LogP contribution >= 0.6 is 11.6 Å². The van der Waals surface area contributed by atoms with Gasteiger partial charge in [-0.15, -0.1) is 0 Å². The highest BCUT2D eigenvalue weighted by Crippen LogP contribution is 2.37. The van der Waals surface area contributed by atoms with Gasteiger partial charge in [-0.05, 0) is 48.1 Å². The van der Waals surface area contributed by atoms with E-state index in [1.807, 2.05) is 0 Å². The fourth-order valence-electron chi connectivity index (χ4n) is 2.68. The lowest BCUT2D eigenvalue weighted by Gasteiger charge is -2.35. The van der Waals surface area contributed by atoms with Crippen molar-refractivity contribution in [1.82, 2.24) is 0 Å². The molecule has 3 atom stereocenters. The van der Waals surface area contributed by atoms with Crippen LogP contribution in [0.15, 0.2) is 0 Å². The maximum atomic E-state index is 9.58. The number of rotatable bonds is 2. The molecule has 16 heavy (non-hydrogen) atoms. The van der Waals surface area contributed by atoms with Gasteiger partial charge in [0.1, 0.15) is 0 Å². The molecular formula is C14H27ClO. The first-order chi connectivity index (χ1) is 7.38. The molecule has 1 fully saturated rings. The van der Waals surface area contributed by atoms with E-state index in [0.29, 0.717) is 6.42 Å². The molecule has 0 aromatic heterocycles. The van der Waals surface area contributed by atoms with Gasteiger partial charge < -0.3 is 0 Å². The van der Waals surface area contributed by atoms with Crippen LogP contribution < -0.4 is 0 Å². The van der Waals surface area contributed by atoms with Crippen LogP contribution in [-0.2, 0) is 4.79 Å². The minimum Gasteiger partial charge on any atom is -0.281 e. The minimum atomic E-state index is -0.273. The van der Waals surface area contributed by atoms with E-state index in [9.17, 15) is 4.79 Å². The summed E-state index contributed by atoms with van der Waals surface area (Å²) in [6.45, 7) is 11.3. The van der Waals surface area contributed by atoms with Gasteiger partial charge in [0.2, 0.25) is 5.24 Å². The normalized spacial score (nSPS) is 29.6. The molecule has 1 nitrogen and oxygen atoms in total. The molecule has 1 aliphatic rings. The van der Waals surface area contributed by atoms with E-state index in [4.69, 9.17) is 11.6 Å². The number of carbonyl (C=O) groups is 1. The summed E-state index contributed by atoms with van der Waals surface area (Å²) in [6.07, 6.45) is 4.83. The average Bonchev–Trinajstić information content (AvgIpc) is 2.17. The standard InChI is InChI=1S/C11H22.C3H5ClO/c1-8(2)11-6-5-9(3)7-10(11)4;1-2-3(4)5/h8-11H,5-7H2,1-4H3;2H2,1H3. The Morgan fingerprint density at radius 3 is 2.12 bits per heavy atom. The van der Waals surface area contributed by atoms with Crippen molar-refractivity contribution in [3.05, 3.63) is 0 Å². The van der Waals surface area contributed by atoms with E-state index in [1.165, 1.54) is 19.3 Å². The largest absolute Gasteiger partial charge is 0.281 e. The molecule has 0 aromatic carbocycles. The third kappa shape index (κ3) is 6.52. The number of hydrogen-bond donors (Lipinski definition) is 0. The first-order valence-corrected chi connectivity index (χ1v) is 6.94. The van der Waals surface area contributed by atoms with E-state index in [1.54, 1.807) is 6.92 Å². The average molecular weight is 247 g/mol.